The van der Waals surface area contributed by atoms with Crippen molar-refractivity contribution in [2.24, 2.45) is 0 Å². The number of ether oxygens (including phenoxy) is 1. The number of carbonyl (C=O) groups excluding carboxylic acids is 1. The number of benzene rings is 1. The molecule has 2 aliphatic rings. The quantitative estimate of drug-likeness (QED) is 0.899. The van der Waals surface area contributed by atoms with Crippen LogP contribution in [0.1, 0.15) is 50.8 Å². The summed E-state index contributed by atoms with van der Waals surface area (Å²) >= 11 is 0. The van der Waals surface area contributed by atoms with E-state index in [9.17, 15) is 4.79 Å². The molecule has 0 bridgehead atoms. The summed E-state index contributed by atoms with van der Waals surface area (Å²) in [5, 5.41) is 6.34. The molecule has 0 aromatic heterocycles. The lowest BCUT2D eigenvalue weighted by atomic mass is 9.84. The van der Waals surface area contributed by atoms with Crippen LogP contribution in [0.5, 0.6) is 0 Å². The highest BCUT2D eigenvalue weighted by atomic mass is 16.5. The molecule has 1 aromatic rings. The van der Waals surface area contributed by atoms with E-state index >= 15 is 0 Å². The van der Waals surface area contributed by atoms with Gasteiger partial charge in [0.2, 0.25) is 5.91 Å². The first-order valence-corrected chi connectivity index (χ1v) is 7.72. The topological polar surface area (TPSA) is 50.4 Å². The second-order valence-electron chi connectivity index (χ2n) is 6.71. The number of hydrogen-bond donors (Lipinski definition) is 2. The summed E-state index contributed by atoms with van der Waals surface area (Å²) in [7, 11) is 1.97. The zero-order valence-corrected chi connectivity index (χ0v) is 13.2. The molecule has 0 spiro atoms. The van der Waals surface area contributed by atoms with Crippen LogP contribution in [-0.2, 0) is 14.9 Å². The van der Waals surface area contributed by atoms with Gasteiger partial charge < -0.3 is 15.4 Å². The molecule has 3 rings (SSSR count). The Morgan fingerprint density at radius 3 is 2.76 bits per heavy atom. The maximum Gasteiger partial charge on any atom is 0.234 e. The van der Waals surface area contributed by atoms with E-state index in [1.807, 2.05) is 27.0 Å². The van der Waals surface area contributed by atoms with Crippen LogP contribution in [0.15, 0.2) is 18.2 Å². The summed E-state index contributed by atoms with van der Waals surface area (Å²) in [6.07, 6.45) is 2.72. The number of rotatable bonds is 3. The van der Waals surface area contributed by atoms with Crippen molar-refractivity contribution in [1.82, 2.24) is 5.32 Å². The molecule has 0 saturated carbocycles. The van der Waals surface area contributed by atoms with Gasteiger partial charge in [0.05, 0.1) is 23.7 Å². The first-order valence-electron chi connectivity index (χ1n) is 7.72. The van der Waals surface area contributed by atoms with Gasteiger partial charge >= 0.3 is 0 Å². The van der Waals surface area contributed by atoms with Crippen molar-refractivity contribution in [1.29, 1.82) is 0 Å². The second kappa shape index (κ2) is 5.11. The van der Waals surface area contributed by atoms with E-state index in [0.717, 1.165) is 24.1 Å². The summed E-state index contributed by atoms with van der Waals surface area (Å²) in [4.78, 5) is 12.1. The summed E-state index contributed by atoms with van der Waals surface area (Å²) in [6, 6.07) is 6.43. The number of likely N-dealkylation sites (N-methyl/N-ethyl adjacent to an activating group) is 1. The highest BCUT2D eigenvalue weighted by Crippen LogP contribution is 2.40. The van der Waals surface area contributed by atoms with Crippen molar-refractivity contribution in [3.05, 3.63) is 29.3 Å². The fourth-order valence-corrected chi connectivity index (χ4v) is 3.43. The van der Waals surface area contributed by atoms with Crippen LogP contribution in [0.25, 0.3) is 0 Å². The van der Waals surface area contributed by atoms with E-state index in [0.29, 0.717) is 6.10 Å². The first-order chi connectivity index (χ1) is 9.93. The average Bonchev–Trinajstić information content (AvgIpc) is 2.95. The molecule has 0 aliphatic carbocycles. The van der Waals surface area contributed by atoms with Gasteiger partial charge in [-0.3, -0.25) is 4.79 Å². The Labute approximate surface area is 126 Å². The van der Waals surface area contributed by atoms with E-state index in [1.165, 1.54) is 5.56 Å². The predicted octanol–water partition coefficient (Wildman–Crippen LogP) is 2.74. The Hall–Kier alpha value is -1.39. The monoisotopic (exact) mass is 288 g/mol. The second-order valence-corrected chi connectivity index (χ2v) is 6.71. The molecule has 21 heavy (non-hydrogen) atoms. The van der Waals surface area contributed by atoms with Crippen molar-refractivity contribution >= 4 is 11.6 Å². The Balaban J connectivity index is 1.93. The number of fused-ring (bicyclic) bond motifs is 1. The fourth-order valence-electron chi connectivity index (χ4n) is 3.43. The standard InChI is InChI=1S/C17H24N2O2/c1-10-5-8-14(21-10)15(18-4)11-6-7-13-12(9-11)17(2,3)16(20)19-13/h6-7,9-10,14-15,18H,5,8H2,1-4H3,(H,19,20). The van der Waals surface area contributed by atoms with E-state index in [4.69, 9.17) is 4.74 Å². The molecule has 1 saturated heterocycles. The SMILES string of the molecule is CNC(c1ccc2c(c1)C(C)(C)C(=O)N2)C1CCC(C)O1. The summed E-state index contributed by atoms with van der Waals surface area (Å²) in [6.45, 7) is 6.07. The molecule has 2 N–H and O–H groups in total. The Kier molecular flexibility index (Phi) is 3.54. The molecule has 2 heterocycles. The molecule has 3 atom stereocenters. The van der Waals surface area contributed by atoms with Gasteiger partial charge in [0.15, 0.2) is 0 Å². The van der Waals surface area contributed by atoms with Gasteiger partial charge in [-0.25, -0.2) is 0 Å². The van der Waals surface area contributed by atoms with Crippen LogP contribution in [0.3, 0.4) is 0 Å². The van der Waals surface area contributed by atoms with E-state index in [2.05, 4.69) is 29.7 Å². The maximum absolute atomic E-state index is 12.1. The number of hydrogen-bond acceptors (Lipinski definition) is 3. The number of nitrogens with one attached hydrogen (secondary N) is 2. The number of carbonyl (C=O) groups is 1. The predicted molar refractivity (Wildman–Crippen MR) is 83.5 cm³/mol. The lowest BCUT2D eigenvalue weighted by molar-refractivity contribution is -0.119. The molecule has 0 radical (unpaired) electrons. The van der Waals surface area contributed by atoms with Crippen LogP contribution >= 0.6 is 0 Å². The van der Waals surface area contributed by atoms with Gasteiger partial charge in [0, 0.05) is 5.69 Å². The fraction of sp³-hybridized carbons (Fsp3) is 0.588. The molecule has 3 unspecified atom stereocenters. The third-order valence-corrected chi connectivity index (χ3v) is 4.84. The molecule has 4 nitrogen and oxygen atoms in total. The zero-order valence-electron chi connectivity index (χ0n) is 13.2. The minimum atomic E-state index is -0.465. The summed E-state index contributed by atoms with van der Waals surface area (Å²) < 4.78 is 6.02. The lowest BCUT2D eigenvalue weighted by Gasteiger charge is -2.25. The third-order valence-electron chi connectivity index (χ3n) is 4.84. The molecular formula is C17H24N2O2. The molecule has 4 heteroatoms. The lowest BCUT2D eigenvalue weighted by Crippen LogP contribution is -2.30. The van der Waals surface area contributed by atoms with Crippen molar-refractivity contribution in [3.8, 4) is 0 Å². The van der Waals surface area contributed by atoms with Crippen molar-refractivity contribution in [2.45, 2.75) is 57.3 Å². The zero-order chi connectivity index (χ0) is 15.2. The number of anilines is 1. The van der Waals surface area contributed by atoms with Gasteiger partial charge in [-0.1, -0.05) is 12.1 Å². The largest absolute Gasteiger partial charge is 0.373 e. The summed E-state index contributed by atoms with van der Waals surface area (Å²) in [5.41, 5.74) is 2.74. The minimum Gasteiger partial charge on any atom is -0.373 e. The Morgan fingerprint density at radius 2 is 2.14 bits per heavy atom. The van der Waals surface area contributed by atoms with Gasteiger partial charge in [0.1, 0.15) is 0 Å². The molecule has 1 aromatic carbocycles. The number of amides is 1. The van der Waals surface area contributed by atoms with E-state index in [1.54, 1.807) is 0 Å². The van der Waals surface area contributed by atoms with Gasteiger partial charge in [-0.05, 0) is 57.9 Å². The van der Waals surface area contributed by atoms with Crippen LogP contribution < -0.4 is 10.6 Å². The normalized spacial score (nSPS) is 28.3. The average molecular weight is 288 g/mol. The Bertz CT molecular complexity index is 568. The highest BCUT2D eigenvalue weighted by Gasteiger charge is 2.39. The van der Waals surface area contributed by atoms with Crippen LogP contribution in [0.4, 0.5) is 5.69 Å². The highest BCUT2D eigenvalue weighted by molar-refractivity contribution is 6.05. The van der Waals surface area contributed by atoms with E-state index < -0.39 is 5.41 Å². The van der Waals surface area contributed by atoms with Crippen LogP contribution in [0.2, 0.25) is 0 Å². The molecule has 1 amide bonds. The molecule has 2 aliphatic heterocycles. The summed E-state index contributed by atoms with van der Waals surface area (Å²) in [5.74, 6) is 0.0707. The molecule has 114 valence electrons. The van der Waals surface area contributed by atoms with Gasteiger partial charge in [-0.15, -0.1) is 0 Å². The molecule has 1 fully saturated rings. The van der Waals surface area contributed by atoms with Crippen LogP contribution in [0, 0.1) is 0 Å². The van der Waals surface area contributed by atoms with Gasteiger partial charge in [-0.2, -0.15) is 0 Å². The van der Waals surface area contributed by atoms with E-state index in [-0.39, 0.29) is 18.1 Å². The minimum absolute atomic E-state index is 0.0707. The molecular weight excluding hydrogens is 264 g/mol. The van der Waals surface area contributed by atoms with Gasteiger partial charge in [0.25, 0.3) is 0 Å². The Morgan fingerprint density at radius 1 is 1.38 bits per heavy atom. The van der Waals surface area contributed by atoms with Crippen molar-refractivity contribution in [2.75, 3.05) is 12.4 Å². The smallest absolute Gasteiger partial charge is 0.234 e. The third kappa shape index (κ3) is 2.36. The van der Waals surface area contributed by atoms with Crippen LogP contribution in [-0.4, -0.2) is 25.2 Å². The first kappa shape index (κ1) is 14.5. The maximum atomic E-state index is 12.1. The van der Waals surface area contributed by atoms with Crippen molar-refractivity contribution < 1.29 is 9.53 Å². The van der Waals surface area contributed by atoms with Crippen molar-refractivity contribution in [3.63, 3.8) is 0 Å².